The summed E-state index contributed by atoms with van der Waals surface area (Å²) in [4.78, 5) is 11.8. The number of carbonyl (C=O) groups excluding carboxylic acids is 1. The van der Waals surface area contributed by atoms with Crippen molar-refractivity contribution >= 4 is 17.8 Å². The van der Waals surface area contributed by atoms with E-state index in [-0.39, 0.29) is 18.2 Å². The molecule has 0 aliphatic rings. The molecule has 0 unspecified atom stereocenters. The Labute approximate surface area is 146 Å². The van der Waals surface area contributed by atoms with Crippen molar-refractivity contribution in [3.63, 3.8) is 0 Å². The lowest BCUT2D eigenvalue weighted by molar-refractivity contribution is -0.119. The van der Waals surface area contributed by atoms with E-state index in [9.17, 15) is 9.90 Å². The first-order chi connectivity index (χ1) is 12.1. The fourth-order valence-corrected chi connectivity index (χ4v) is 2.02. The summed E-state index contributed by atoms with van der Waals surface area (Å²) in [7, 11) is 1.47. The van der Waals surface area contributed by atoms with Crippen LogP contribution < -0.4 is 20.2 Å². The lowest BCUT2D eigenvalue weighted by Gasteiger charge is -2.07. The highest BCUT2D eigenvalue weighted by atomic mass is 16.5. The Balaban J connectivity index is 1.79. The van der Waals surface area contributed by atoms with E-state index in [2.05, 4.69) is 15.8 Å². The Kier molecular flexibility index (Phi) is 6.65. The fraction of sp³-hybridized carbons (Fsp3) is 0.222. The number of amides is 1. The second-order valence-corrected chi connectivity index (χ2v) is 5.04. The number of carbonyl (C=O) groups is 1. The van der Waals surface area contributed by atoms with E-state index in [4.69, 9.17) is 9.47 Å². The van der Waals surface area contributed by atoms with Gasteiger partial charge in [0, 0.05) is 5.69 Å². The van der Waals surface area contributed by atoms with Gasteiger partial charge in [-0.05, 0) is 55.0 Å². The molecule has 0 fully saturated rings. The molecule has 0 spiro atoms. The number of phenolic OH excluding ortho intramolecular Hbond substituents is 1. The molecule has 1 amide bonds. The summed E-state index contributed by atoms with van der Waals surface area (Å²) in [6.07, 6.45) is 1.44. The predicted molar refractivity (Wildman–Crippen MR) is 96.5 cm³/mol. The number of rotatable bonds is 8. The highest BCUT2D eigenvalue weighted by Gasteiger charge is 2.02. The van der Waals surface area contributed by atoms with E-state index in [0.717, 1.165) is 11.4 Å². The highest BCUT2D eigenvalue weighted by Crippen LogP contribution is 2.25. The Morgan fingerprint density at radius 3 is 2.64 bits per heavy atom. The molecule has 2 aromatic rings. The standard InChI is InChI=1S/C18H21N3O4/c1-3-25-15-7-5-14(6-8-15)19-12-18(23)21-20-11-13-4-9-17(24-2)16(22)10-13/h4-11,19,22H,3,12H2,1-2H3,(H,21,23)/b20-11+. The Bertz CT molecular complexity index is 730. The molecule has 0 aliphatic heterocycles. The number of methoxy groups -OCH3 is 1. The highest BCUT2D eigenvalue weighted by molar-refractivity contribution is 5.84. The minimum atomic E-state index is -0.289. The van der Waals surface area contributed by atoms with Crippen LogP contribution in [0.3, 0.4) is 0 Å². The number of hydrazone groups is 1. The summed E-state index contributed by atoms with van der Waals surface area (Å²) in [6.45, 7) is 2.61. The van der Waals surface area contributed by atoms with Crippen molar-refractivity contribution in [3.8, 4) is 17.2 Å². The van der Waals surface area contributed by atoms with Gasteiger partial charge in [0.2, 0.25) is 0 Å². The van der Waals surface area contributed by atoms with Crippen LogP contribution in [0, 0.1) is 0 Å². The maximum Gasteiger partial charge on any atom is 0.259 e. The Morgan fingerprint density at radius 1 is 1.24 bits per heavy atom. The van der Waals surface area contributed by atoms with Crippen LogP contribution in [0.2, 0.25) is 0 Å². The number of hydrogen-bond donors (Lipinski definition) is 3. The van der Waals surface area contributed by atoms with Crippen molar-refractivity contribution in [2.75, 3.05) is 25.6 Å². The average Bonchev–Trinajstić information content (AvgIpc) is 2.61. The maximum absolute atomic E-state index is 11.8. The van der Waals surface area contributed by atoms with Crippen LogP contribution in [0.1, 0.15) is 12.5 Å². The van der Waals surface area contributed by atoms with Gasteiger partial charge in [0.15, 0.2) is 11.5 Å². The maximum atomic E-state index is 11.8. The summed E-state index contributed by atoms with van der Waals surface area (Å²) in [5, 5.41) is 16.5. The molecule has 0 aliphatic carbocycles. The molecule has 2 rings (SSSR count). The topological polar surface area (TPSA) is 92.2 Å². The number of benzene rings is 2. The second-order valence-electron chi connectivity index (χ2n) is 5.04. The quantitative estimate of drug-likeness (QED) is 0.505. The third-order valence-corrected chi connectivity index (χ3v) is 3.22. The first-order valence-electron chi connectivity index (χ1n) is 7.78. The molecule has 2 aromatic carbocycles. The molecule has 0 saturated heterocycles. The summed E-state index contributed by atoms with van der Waals surface area (Å²) in [6, 6.07) is 12.2. The summed E-state index contributed by atoms with van der Waals surface area (Å²) < 4.78 is 10.3. The first kappa shape index (κ1) is 18.1. The third-order valence-electron chi connectivity index (χ3n) is 3.22. The van der Waals surface area contributed by atoms with Gasteiger partial charge >= 0.3 is 0 Å². The minimum Gasteiger partial charge on any atom is -0.504 e. The first-order valence-corrected chi connectivity index (χ1v) is 7.78. The smallest absolute Gasteiger partial charge is 0.259 e. The van der Waals surface area contributed by atoms with Gasteiger partial charge in [-0.15, -0.1) is 0 Å². The Hall–Kier alpha value is -3.22. The van der Waals surface area contributed by atoms with E-state index in [0.29, 0.717) is 17.9 Å². The molecule has 7 heteroatoms. The van der Waals surface area contributed by atoms with Crippen molar-refractivity contribution in [1.29, 1.82) is 0 Å². The van der Waals surface area contributed by atoms with Crippen molar-refractivity contribution in [2.24, 2.45) is 5.10 Å². The van der Waals surface area contributed by atoms with Crippen LogP contribution in [0.25, 0.3) is 0 Å². The minimum absolute atomic E-state index is 0.00921. The van der Waals surface area contributed by atoms with Crippen molar-refractivity contribution in [3.05, 3.63) is 48.0 Å². The molecule has 0 radical (unpaired) electrons. The molecule has 7 nitrogen and oxygen atoms in total. The average molecular weight is 343 g/mol. The molecule has 0 atom stereocenters. The molecule has 0 aromatic heterocycles. The molecule has 0 bridgehead atoms. The third kappa shape index (κ3) is 5.72. The normalized spacial score (nSPS) is 10.5. The zero-order valence-corrected chi connectivity index (χ0v) is 14.2. The lowest BCUT2D eigenvalue weighted by Crippen LogP contribution is -2.25. The number of phenols is 1. The number of ether oxygens (including phenoxy) is 2. The van der Waals surface area contributed by atoms with E-state index < -0.39 is 0 Å². The molecular formula is C18H21N3O4. The van der Waals surface area contributed by atoms with E-state index in [1.54, 1.807) is 12.1 Å². The van der Waals surface area contributed by atoms with Gasteiger partial charge in [0.1, 0.15) is 5.75 Å². The van der Waals surface area contributed by atoms with Gasteiger partial charge in [0.25, 0.3) is 5.91 Å². The number of anilines is 1. The molecule has 25 heavy (non-hydrogen) atoms. The SMILES string of the molecule is CCOc1ccc(NCC(=O)N/N=C/c2ccc(OC)c(O)c2)cc1. The second kappa shape index (κ2) is 9.17. The van der Waals surface area contributed by atoms with Gasteiger partial charge < -0.3 is 19.9 Å². The van der Waals surface area contributed by atoms with Gasteiger partial charge in [-0.25, -0.2) is 5.43 Å². The lowest BCUT2D eigenvalue weighted by atomic mass is 10.2. The predicted octanol–water partition coefficient (Wildman–Crippen LogP) is 2.36. The number of nitrogens with one attached hydrogen (secondary N) is 2. The molecular weight excluding hydrogens is 322 g/mol. The number of aromatic hydroxyl groups is 1. The van der Waals surface area contributed by atoms with Crippen LogP contribution in [-0.4, -0.2) is 37.5 Å². The van der Waals surface area contributed by atoms with Gasteiger partial charge in [-0.3, -0.25) is 4.79 Å². The van der Waals surface area contributed by atoms with Crippen LogP contribution in [0.4, 0.5) is 5.69 Å². The number of nitrogens with zero attached hydrogens (tertiary/aromatic N) is 1. The molecule has 0 heterocycles. The monoisotopic (exact) mass is 343 g/mol. The molecule has 132 valence electrons. The van der Waals surface area contributed by atoms with Crippen LogP contribution >= 0.6 is 0 Å². The van der Waals surface area contributed by atoms with E-state index in [1.807, 2.05) is 31.2 Å². The number of hydrogen-bond acceptors (Lipinski definition) is 6. The van der Waals surface area contributed by atoms with E-state index >= 15 is 0 Å². The van der Waals surface area contributed by atoms with Gasteiger partial charge in [-0.1, -0.05) is 0 Å². The fourth-order valence-electron chi connectivity index (χ4n) is 2.02. The molecule has 3 N–H and O–H groups in total. The van der Waals surface area contributed by atoms with Crippen molar-refractivity contribution in [1.82, 2.24) is 5.43 Å². The molecule has 0 saturated carbocycles. The van der Waals surface area contributed by atoms with Gasteiger partial charge in [0.05, 0.1) is 26.5 Å². The summed E-state index contributed by atoms with van der Waals surface area (Å²) in [5.41, 5.74) is 3.86. The summed E-state index contributed by atoms with van der Waals surface area (Å²) >= 11 is 0. The Morgan fingerprint density at radius 2 is 2.00 bits per heavy atom. The zero-order valence-electron chi connectivity index (χ0n) is 14.2. The van der Waals surface area contributed by atoms with Crippen molar-refractivity contribution in [2.45, 2.75) is 6.92 Å². The van der Waals surface area contributed by atoms with Crippen LogP contribution in [0.15, 0.2) is 47.6 Å². The summed E-state index contributed by atoms with van der Waals surface area (Å²) in [5.74, 6) is 0.878. The van der Waals surface area contributed by atoms with Crippen LogP contribution in [-0.2, 0) is 4.79 Å². The van der Waals surface area contributed by atoms with E-state index in [1.165, 1.54) is 19.4 Å². The zero-order chi connectivity index (χ0) is 18.1. The largest absolute Gasteiger partial charge is 0.504 e. The van der Waals surface area contributed by atoms with Gasteiger partial charge in [-0.2, -0.15) is 5.10 Å². The van der Waals surface area contributed by atoms with Crippen LogP contribution in [0.5, 0.6) is 17.2 Å². The van der Waals surface area contributed by atoms with Crippen molar-refractivity contribution < 1.29 is 19.4 Å².